The van der Waals surface area contributed by atoms with Crippen LogP contribution in [0, 0.1) is 13.8 Å². The fourth-order valence-electron chi connectivity index (χ4n) is 1.59. The largest absolute Gasteiger partial charge is 0.302 e. The Morgan fingerprint density at radius 1 is 1.25 bits per heavy atom. The summed E-state index contributed by atoms with van der Waals surface area (Å²) in [5.41, 5.74) is 2.88. The van der Waals surface area contributed by atoms with Gasteiger partial charge in [0.15, 0.2) is 11.1 Å². The third-order valence-electron chi connectivity index (χ3n) is 2.29. The lowest BCUT2D eigenvalue weighted by atomic mass is 10.3. The molecule has 1 atom stereocenters. The molecule has 1 heterocycles. The molecule has 1 aromatic heterocycles. The molecule has 0 aliphatic heterocycles. The van der Waals surface area contributed by atoms with Crippen LogP contribution in [-0.4, -0.2) is 18.5 Å². The van der Waals surface area contributed by atoms with E-state index >= 15 is 0 Å². The van der Waals surface area contributed by atoms with Gasteiger partial charge in [-0.25, -0.2) is 8.89 Å². The monoisotopic (exact) mass is 236 g/mol. The van der Waals surface area contributed by atoms with E-state index in [2.05, 4.69) is 5.10 Å². The van der Waals surface area contributed by atoms with Crippen molar-refractivity contribution in [1.82, 2.24) is 9.78 Å². The summed E-state index contributed by atoms with van der Waals surface area (Å²) in [6.07, 6.45) is 0. The zero-order chi connectivity index (χ0) is 11.7. The van der Waals surface area contributed by atoms with Crippen molar-refractivity contribution < 1.29 is 8.76 Å². The molecule has 84 valence electrons. The number of aromatic nitrogens is 2. The molecule has 16 heavy (non-hydrogen) atoms. The Morgan fingerprint density at radius 2 is 1.88 bits per heavy atom. The Kier molecular flexibility index (Phi) is 2.89. The predicted octanol–water partition coefficient (Wildman–Crippen LogP) is 2.07. The topological polar surface area (TPSA) is 55.1 Å². The van der Waals surface area contributed by atoms with E-state index in [0.717, 1.165) is 17.1 Å². The van der Waals surface area contributed by atoms with Crippen LogP contribution in [0.1, 0.15) is 11.4 Å². The second kappa shape index (κ2) is 4.19. The maximum absolute atomic E-state index is 10.8. The summed E-state index contributed by atoms with van der Waals surface area (Å²) in [6.45, 7) is 3.90. The van der Waals surface area contributed by atoms with Crippen LogP contribution in [-0.2, 0) is 11.1 Å². The summed E-state index contributed by atoms with van der Waals surface area (Å²) in [5, 5.41) is 4.33. The molecule has 0 fully saturated rings. The highest BCUT2D eigenvalue weighted by Crippen LogP contribution is 2.14. The number of aryl methyl sites for hydroxylation is 2. The van der Waals surface area contributed by atoms with Gasteiger partial charge in [0.25, 0.3) is 0 Å². The predicted molar refractivity (Wildman–Crippen MR) is 62.1 cm³/mol. The average Bonchev–Trinajstić information content (AvgIpc) is 2.58. The van der Waals surface area contributed by atoms with Gasteiger partial charge in [-0.05, 0) is 44.2 Å². The molecule has 0 radical (unpaired) electrons. The normalized spacial score (nSPS) is 12.7. The van der Waals surface area contributed by atoms with Gasteiger partial charge in [0.1, 0.15) is 0 Å². The molecule has 0 aliphatic carbocycles. The van der Waals surface area contributed by atoms with Crippen LogP contribution in [0.2, 0.25) is 0 Å². The Balaban J connectivity index is 2.42. The van der Waals surface area contributed by atoms with Gasteiger partial charge in [-0.2, -0.15) is 5.10 Å². The first kappa shape index (κ1) is 11.0. The van der Waals surface area contributed by atoms with Gasteiger partial charge in [0, 0.05) is 5.69 Å². The molecule has 0 amide bonds. The van der Waals surface area contributed by atoms with Crippen molar-refractivity contribution in [3.63, 3.8) is 0 Å². The average molecular weight is 236 g/mol. The summed E-state index contributed by atoms with van der Waals surface area (Å²) in [5.74, 6) is 0. The van der Waals surface area contributed by atoms with E-state index in [0.29, 0.717) is 4.90 Å². The minimum Gasteiger partial charge on any atom is -0.302 e. The molecular formula is C11H12N2O2S. The molecule has 1 N–H and O–H groups in total. The first-order valence-electron chi connectivity index (χ1n) is 4.82. The van der Waals surface area contributed by atoms with Crippen molar-refractivity contribution in [2.45, 2.75) is 18.7 Å². The number of hydrogen-bond donors (Lipinski definition) is 1. The van der Waals surface area contributed by atoms with Gasteiger partial charge in [-0.3, -0.25) is 0 Å². The van der Waals surface area contributed by atoms with Crippen LogP contribution >= 0.6 is 0 Å². The summed E-state index contributed by atoms with van der Waals surface area (Å²) in [7, 11) is 0. The van der Waals surface area contributed by atoms with Crippen LogP contribution in [0.4, 0.5) is 0 Å². The van der Waals surface area contributed by atoms with E-state index in [4.69, 9.17) is 4.55 Å². The lowest BCUT2D eigenvalue weighted by Gasteiger charge is -2.04. The van der Waals surface area contributed by atoms with Crippen molar-refractivity contribution in [2.75, 3.05) is 0 Å². The van der Waals surface area contributed by atoms with Crippen molar-refractivity contribution in [1.29, 1.82) is 0 Å². The Labute approximate surface area is 96.2 Å². The molecule has 5 heteroatoms. The zero-order valence-corrected chi connectivity index (χ0v) is 9.86. The second-order valence-electron chi connectivity index (χ2n) is 3.58. The van der Waals surface area contributed by atoms with Gasteiger partial charge in [-0.15, -0.1) is 0 Å². The second-order valence-corrected chi connectivity index (χ2v) is 4.55. The van der Waals surface area contributed by atoms with Crippen LogP contribution in [0.15, 0.2) is 35.2 Å². The molecule has 1 aromatic carbocycles. The van der Waals surface area contributed by atoms with Gasteiger partial charge < -0.3 is 4.55 Å². The van der Waals surface area contributed by atoms with Gasteiger partial charge >= 0.3 is 0 Å². The number of benzene rings is 1. The summed E-state index contributed by atoms with van der Waals surface area (Å²) >= 11 is -1.92. The molecule has 0 saturated carbocycles. The summed E-state index contributed by atoms with van der Waals surface area (Å²) < 4.78 is 21.5. The SMILES string of the molecule is Cc1cc(C)n(-c2ccc(S(=O)O)cc2)n1. The third-order valence-corrected chi connectivity index (χ3v) is 2.97. The lowest BCUT2D eigenvalue weighted by Crippen LogP contribution is -1.99. The lowest BCUT2D eigenvalue weighted by molar-refractivity contribution is 0.564. The molecule has 0 spiro atoms. The fourth-order valence-corrected chi connectivity index (χ4v) is 1.96. The number of nitrogens with zero attached hydrogens (tertiary/aromatic N) is 2. The first-order valence-corrected chi connectivity index (χ1v) is 5.93. The Morgan fingerprint density at radius 3 is 2.31 bits per heavy atom. The molecule has 2 aromatic rings. The summed E-state index contributed by atoms with van der Waals surface area (Å²) in [4.78, 5) is 0.394. The van der Waals surface area contributed by atoms with Crippen molar-refractivity contribution >= 4 is 11.1 Å². The van der Waals surface area contributed by atoms with Crippen LogP contribution in [0.5, 0.6) is 0 Å². The minimum absolute atomic E-state index is 0.394. The molecule has 0 saturated heterocycles. The molecule has 0 bridgehead atoms. The highest BCUT2D eigenvalue weighted by molar-refractivity contribution is 7.79. The zero-order valence-electron chi connectivity index (χ0n) is 9.04. The van der Waals surface area contributed by atoms with Gasteiger partial charge in [0.2, 0.25) is 0 Å². The Hall–Kier alpha value is -1.46. The number of hydrogen-bond acceptors (Lipinski definition) is 2. The molecule has 1 unspecified atom stereocenters. The molecular weight excluding hydrogens is 224 g/mol. The van der Waals surface area contributed by atoms with Crippen LogP contribution in [0.3, 0.4) is 0 Å². The molecule has 0 aliphatic rings. The van der Waals surface area contributed by atoms with Crippen molar-refractivity contribution in [3.05, 3.63) is 41.7 Å². The highest BCUT2D eigenvalue weighted by atomic mass is 32.2. The van der Waals surface area contributed by atoms with E-state index in [9.17, 15) is 4.21 Å². The Bertz CT molecular complexity index is 531. The van der Waals surface area contributed by atoms with Crippen molar-refractivity contribution in [2.24, 2.45) is 0 Å². The quantitative estimate of drug-likeness (QED) is 0.812. The first-order chi connectivity index (χ1) is 7.58. The molecule has 2 rings (SSSR count). The minimum atomic E-state index is -1.92. The van der Waals surface area contributed by atoms with E-state index in [1.807, 2.05) is 19.9 Å². The van der Waals surface area contributed by atoms with E-state index < -0.39 is 11.1 Å². The van der Waals surface area contributed by atoms with Crippen LogP contribution in [0.25, 0.3) is 5.69 Å². The number of rotatable bonds is 2. The maximum atomic E-state index is 10.8. The fraction of sp³-hybridized carbons (Fsp3) is 0.182. The van der Waals surface area contributed by atoms with E-state index in [1.165, 1.54) is 0 Å². The van der Waals surface area contributed by atoms with Gasteiger partial charge in [0.05, 0.1) is 16.3 Å². The van der Waals surface area contributed by atoms with Gasteiger partial charge in [-0.1, -0.05) is 0 Å². The van der Waals surface area contributed by atoms with E-state index in [1.54, 1.807) is 28.9 Å². The van der Waals surface area contributed by atoms with Crippen LogP contribution < -0.4 is 0 Å². The van der Waals surface area contributed by atoms with E-state index in [-0.39, 0.29) is 0 Å². The third kappa shape index (κ3) is 2.05. The maximum Gasteiger partial charge on any atom is 0.186 e. The highest BCUT2D eigenvalue weighted by Gasteiger charge is 2.04. The standard InChI is InChI=1S/C11H12N2O2S/c1-8-7-9(2)13(12-8)10-3-5-11(6-4-10)16(14)15/h3-7H,1-2H3,(H,14,15). The van der Waals surface area contributed by atoms with Crippen molar-refractivity contribution in [3.8, 4) is 5.69 Å². The smallest absolute Gasteiger partial charge is 0.186 e. The molecule has 4 nitrogen and oxygen atoms in total. The summed E-state index contributed by atoms with van der Waals surface area (Å²) in [6, 6.07) is 8.80.